The van der Waals surface area contributed by atoms with Gasteiger partial charge in [0.15, 0.2) is 6.29 Å². The van der Waals surface area contributed by atoms with Crippen molar-refractivity contribution >= 4 is 23.7 Å². The summed E-state index contributed by atoms with van der Waals surface area (Å²) in [5.41, 5.74) is 0. The normalized spacial score (nSPS) is 23.5. The van der Waals surface area contributed by atoms with E-state index in [0.717, 1.165) is 0 Å². The molecule has 3 fully saturated rings. The Morgan fingerprint density at radius 2 is 1.76 bits per heavy atom. The van der Waals surface area contributed by atoms with Gasteiger partial charge in [-0.05, 0) is 63.3 Å². The largest absolute Gasteiger partial charge is 0.497 e. The number of nitrogens with zero attached hydrogens (tertiary/aromatic N) is 2. The van der Waals surface area contributed by atoms with Gasteiger partial charge in [0.1, 0.15) is 18.2 Å². The van der Waals surface area contributed by atoms with E-state index in [1.165, 1.54) is 23.5 Å². The second-order valence-corrected chi connectivity index (χ2v) is 16.9. The highest BCUT2D eigenvalue weighted by atomic mass is 32.2. The highest BCUT2D eigenvalue weighted by Gasteiger charge is 2.44. The van der Waals surface area contributed by atoms with Crippen LogP contribution in [-0.4, -0.2) is 132 Å². The molecule has 0 aromatic heterocycles. The number of carbonyl (C=O) groups is 1. The molecule has 0 saturated carbocycles. The molecule has 2 N–H and O–H groups in total. The molecule has 17 heteroatoms. The minimum atomic E-state index is -4.00. The molecule has 0 bridgehead atoms. The standard InChI is InChI=1S/C32H54N3O12PS/c1-6-45-48(38,46-7-2)22-44-25-12-15-34(16-13-25)19-28(33-32(37)47-30-21-43-31-27(30)14-17-42-31)29(36)20-35(18-23(3)4)49(39,40)26-10-8-24(41-5)9-11-26/h8-11,23,25,27-31,36H,6-7,12-22H2,1-5H3,(H,33,37)/t27-,28-,29+,30-,31+/m0/s1. The fraction of sp³-hybridized carbons (Fsp3) is 0.781. The van der Waals surface area contributed by atoms with Crippen molar-refractivity contribution in [2.24, 2.45) is 11.8 Å². The number of amides is 1. The van der Waals surface area contributed by atoms with Gasteiger partial charge in [0, 0.05) is 32.7 Å². The molecule has 4 rings (SSSR count). The number of hydrogen-bond acceptors (Lipinski definition) is 13. The maximum absolute atomic E-state index is 13.8. The van der Waals surface area contributed by atoms with Crippen molar-refractivity contribution in [2.45, 2.75) is 82.5 Å². The van der Waals surface area contributed by atoms with E-state index in [4.69, 9.17) is 32.7 Å². The monoisotopic (exact) mass is 735 g/mol. The van der Waals surface area contributed by atoms with Gasteiger partial charge in [0.2, 0.25) is 10.0 Å². The number of methoxy groups -OCH3 is 1. The summed E-state index contributed by atoms with van der Waals surface area (Å²) in [6.45, 7) is 9.78. The smallest absolute Gasteiger partial charge is 0.407 e. The fourth-order valence-corrected chi connectivity index (χ4v) is 9.31. The number of hydrogen-bond donors (Lipinski definition) is 2. The minimum Gasteiger partial charge on any atom is -0.497 e. The number of likely N-dealkylation sites (tertiary alicyclic amines) is 1. The summed E-state index contributed by atoms with van der Waals surface area (Å²) in [5.74, 6) is 0.414. The number of ether oxygens (including phenoxy) is 5. The van der Waals surface area contributed by atoms with Crippen molar-refractivity contribution in [1.29, 1.82) is 0 Å². The number of fused-ring (bicyclic) bond motifs is 1. The maximum atomic E-state index is 13.8. The van der Waals surface area contributed by atoms with Crippen LogP contribution in [-0.2, 0) is 42.6 Å². The predicted octanol–water partition coefficient (Wildman–Crippen LogP) is 3.26. The summed E-state index contributed by atoms with van der Waals surface area (Å²) >= 11 is 0. The molecule has 5 atom stereocenters. The van der Waals surface area contributed by atoms with Crippen LogP contribution in [0, 0.1) is 11.8 Å². The van der Waals surface area contributed by atoms with Crippen LogP contribution in [0.3, 0.4) is 0 Å². The number of carbonyl (C=O) groups excluding carboxylic acids is 1. The van der Waals surface area contributed by atoms with Crippen LogP contribution in [0.2, 0.25) is 0 Å². The molecule has 49 heavy (non-hydrogen) atoms. The average Bonchev–Trinajstić information content (AvgIpc) is 3.69. The van der Waals surface area contributed by atoms with Gasteiger partial charge in [-0.1, -0.05) is 13.8 Å². The Hall–Kier alpha value is -1.85. The average molecular weight is 736 g/mol. The van der Waals surface area contributed by atoms with Crippen LogP contribution < -0.4 is 10.1 Å². The number of alkyl carbamates (subject to hydrolysis) is 1. The lowest BCUT2D eigenvalue weighted by atomic mass is 10.0. The van der Waals surface area contributed by atoms with Gasteiger partial charge in [0.25, 0.3) is 0 Å². The fourth-order valence-electron chi connectivity index (χ4n) is 6.28. The second kappa shape index (κ2) is 18.6. The van der Waals surface area contributed by atoms with Crippen LogP contribution >= 0.6 is 7.60 Å². The van der Waals surface area contributed by atoms with E-state index in [0.29, 0.717) is 44.7 Å². The summed E-state index contributed by atoms with van der Waals surface area (Å²) < 4.78 is 80.4. The Morgan fingerprint density at radius 1 is 1.08 bits per heavy atom. The second-order valence-electron chi connectivity index (χ2n) is 12.9. The van der Waals surface area contributed by atoms with E-state index in [2.05, 4.69) is 10.2 Å². The van der Waals surface area contributed by atoms with Gasteiger partial charge in [-0.15, -0.1) is 0 Å². The number of rotatable bonds is 19. The molecule has 1 aromatic carbocycles. The summed E-state index contributed by atoms with van der Waals surface area (Å²) in [4.78, 5) is 15.4. The third kappa shape index (κ3) is 11.3. The minimum absolute atomic E-state index is 0.0414. The molecular formula is C32H54N3O12PS. The molecule has 0 aliphatic carbocycles. The molecule has 1 aromatic rings. The van der Waals surface area contributed by atoms with E-state index in [9.17, 15) is 22.9 Å². The highest BCUT2D eigenvalue weighted by Crippen LogP contribution is 2.48. The first-order chi connectivity index (χ1) is 23.4. The first-order valence-electron chi connectivity index (χ1n) is 17.1. The molecule has 15 nitrogen and oxygen atoms in total. The molecule has 0 unspecified atom stereocenters. The van der Waals surface area contributed by atoms with Gasteiger partial charge in [0.05, 0.1) is 62.6 Å². The highest BCUT2D eigenvalue weighted by molar-refractivity contribution is 7.89. The molecule has 0 radical (unpaired) electrons. The zero-order valence-corrected chi connectivity index (χ0v) is 30.9. The van der Waals surface area contributed by atoms with Crippen molar-refractivity contribution in [3.8, 4) is 5.75 Å². The number of aliphatic hydroxyl groups excluding tert-OH is 1. The van der Waals surface area contributed by atoms with Crippen LogP contribution in [0.25, 0.3) is 0 Å². The van der Waals surface area contributed by atoms with Crippen LogP contribution in [0.1, 0.15) is 47.0 Å². The number of benzene rings is 1. The van der Waals surface area contributed by atoms with Crippen molar-refractivity contribution in [3.63, 3.8) is 0 Å². The van der Waals surface area contributed by atoms with Crippen LogP contribution in [0.15, 0.2) is 29.2 Å². The molecule has 3 aliphatic rings. The van der Waals surface area contributed by atoms with Gasteiger partial charge in [-0.2, -0.15) is 4.31 Å². The van der Waals surface area contributed by atoms with E-state index in [-0.39, 0.29) is 68.6 Å². The Kier molecular flexibility index (Phi) is 15.1. The number of nitrogens with one attached hydrogen (secondary N) is 1. The molecule has 280 valence electrons. The van der Waals surface area contributed by atoms with E-state index in [1.807, 2.05) is 13.8 Å². The first-order valence-corrected chi connectivity index (χ1v) is 20.3. The lowest BCUT2D eigenvalue weighted by molar-refractivity contribution is -0.0907. The summed E-state index contributed by atoms with van der Waals surface area (Å²) in [6, 6.07) is 5.21. The number of sulfonamides is 1. The van der Waals surface area contributed by atoms with E-state index >= 15 is 0 Å². The van der Waals surface area contributed by atoms with Gasteiger partial charge in [-0.3, -0.25) is 4.57 Å². The lowest BCUT2D eigenvalue weighted by Crippen LogP contribution is -2.56. The topological polar surface area (TPSA) is 172 Å². The van der Waals surface area contributed by atoms with Gasteiger partial charge in [-0.25, -0.2) is 13.2 Å². The van der Waals surface area contributed by atoms with Crippen molar-refractivity contribution in [2.75, 3.05) is 72.6 Å². The Morgan fingerprint density at radius 3 is 2.37 bits per heavy atom. The zero-order valence-electron chi connectivity index (χ0n) is 29.2. The van der Waals surface area contributed by atoms with Crippen LogP contribution in [0.4, 0.5) is 4.79 Å². The van der Waals surface area contributed by atoms with Crippen molar-refractivity contribution < 1.29 is 55.6 Å². The zero-order chi connectivity index (χ0) is 35.6. The molecule has 0 spiro atoms. The molecule has 3 heterocycles. The Labute approximate surface area is 290 Å². The SMILES string of the molecule is CCOP(=O)(COC1CCN(C[C@H](NC(=O)O[C@H]2CO[C@H]3OCC[C@H]32)[C@H](O)CN(CC(C)C)S(=O)(=O)c2ccc(OC)cc2)CC1)OCC. The quantitative estimate of drug-likeness (QED) is 0.199. The molecular weight excluding hydrogens is 681 g/mol. The molecule has 3 saturated heterocycles. The van der Waals surface area contributed by atoms with Gasteiger partial charge < -0.3 is 48.1 Å². The summed E-state index contributed by atoms with van der Waals surface area (Å²) in [5, 5.41) is 14.5. The van der Waals surface area contributed by atoms with Crippen LogP contribution in [0.5, 0.6) is 5.75 Å². The Balaban J connectivity index is 1.44. The summed E-state index contributed by atoms with van der Waals surface area (Å²) in [7, 11) is -5.85. The third-order valence-corrected chi connectivity index (χ3v) is 12.4. The maximum Gasteiger partial charge on any atom is 0.407 e. The Bertz CT molecular complexity index is 1320. The van der Waals surface area contributed by atoms with Crippen molar-refractivity contribution in [3.05, 3.63) is 24.3 Å². The lowest BCUT2D eigenvalue weighted by Gasteiger charge is -2.37. The van der Waals surface area contributed by atoms with E-state index < -0.39 is 48.3 Å². The molecule has 3 aliphatic heterocycles. The number of aliphatic hydroxyl groups is 1. The summed E-state index contributed by atoms with van der Waals surface area (Å²) in [6.07, 6.45) is -1.27. The molecule has 1 amide bonds. The first kappa shape index (κ1) is 39.9. The van der Waals surface area contributed by atoms with E-state index in [1.54, 1.807) is 26.0 Å². The predicted molar refractivity (Wildman–Crippen MR) is 180 cm³/mol. The van der Waals surface area contributed by atoms with Crippen molar-refractivity contribution in [1.82, 2.24) is 14.5 Å². The third-order valence-electron chi connectivity index (χ3n) is 8.78. The van der Waals surface area contributed by atoms with Gasteiger partial charge >= 0.3 is 13.7 Å². The number of piperidine rings is 1.